The molecule has 0 atom stereocenters. The van der Waals surface area contributed by atoms with Crippen molar-refractivity contribution >= 4 is 8.07 Å². The number of ether oxygens (including phenoxy) is 1. The average Bonchev–Trinajstić information content (AvgIpc) is 2.52. The fourth-order valence-corrected chi connectivity index (χ4v) is 4.17. The van der Waals surface area contributed by atoms with E-state index in [1.54, 1.807) is 0 Å². The van der Waals surface area contributed by atoms with Crippen LogP contribution in [0.15, 0.2) is 30.3 Å². The molecule has 0 bridgehead atoms. The van der Waals surface area contributed by atoms with Gasteiger partial charge in [-0.2, -0.15) is 0 Å². The van der Waals surface area contributed by atoms with E-state index in [-0.39, 0.29) is 0 Å². The van der Waals surface area contributed by atoms with Gasteiger partial charge in [-0.15, -0.1) is 0 Å². The highest BCUT2D eigenvalue weighted by molar-refractivity contribution is 6.76. The number of benzene rings is 1. The molecule has 1 aromatic rings. The molecule has 0 saturated carbocycles. The third-order valence-corrected chi connectivity index (χ3v) is 6.18. The van der Waals surface area contributed by atoms with Crippen molar-refractivity contribution in [2.24, 2.45) is 0 Å². The third kappa shape index (κ3) is 13.5. The first-order valence-corrected chi connectivity index (χ1v) is 13.4. The molecule has 0 aliphatic rings. The molecule has 0 heterocycles. The van der Waals surface area contributed by atoms with E-state index in [1.807, 2.05) is 0 Å². The van der Waals surface area contributed by atoms with Crippen molar-refractivity contribution in [3.63, 3.8) is 0 Å². The molecular weight excluding hydrogens is 296 g/mol. The van der Waals surface area contributed by atoms with Gasteiger partial charge in [0.1, 0.15) is 0 Å². The Kier molecular flexibility index (Phi) is 11.4. The highest BCUT2D eigenvalue weighted by atomic mass is 28.3. The van der Waals surface area contributed by atoms with Gasteiger partial charge in [-0.25, -0.2) is 0 Å². The Morgan fingerprint density at radius 2 is 1.22 bits per heavy atom. The lowest BCUT2D eigenvalue weighted by Crippen LogP contribution is -2.18. The van der Waals surface area contributed by atoms with E-state index in [9.17, 15) is 0 Å². The summed E-state index contributed by atoms with van der Waals surface area (Å²) in [4.78, 5) is 0. The molecule has 1 rings (SSSR count). The van der Waals surface area contributed by atoms with Gasteiger partial charge < -0.3 is 4.74 Å². The predicted molar refractivity (Wildman–Crippen MR) is 106 cm³/mol. The van der Waals surface area contributed by atoms with E-state index in [1.165, 1.54) is 69.4 Å². The van der Waals surface area contributed by atoms with E-state index in [0.717, 1.165) is 13.2 Å². The topological polar surface area (TPSA) is 9.23 Å². The van der Waals surface area contributed by atoms with Crippen LogP contribution in [0.5, 0.6) is 0 Å². The minimum absolute atomic E-state index is 0.762. The first kappa shape index (κ1) is 20.4. The Balaban J connectivity index is 1.76. The molecule has 0 spiro atoms. The van der Waals surface area contributed by atoms with Gasteiger partial charge >= 0.3 is 0 Å². The summed E-state index contributed by atoms with van der Waals surface area (Å²) in [7, 11) is -0.788. The molecule has 0 fully saturated rings. The molecule has 23 heavy (non-hydrogen) atoms. The Morgan fingerprint density at radius 3 is 1.78 bits per heavy atom. The largest absolute Gasteiger partial charge is 0.377 e. The number of hydrogen-bond donors (Lipinski definition) is 0. The zero-order valence-corrected chi connectivity index (χ0v) is 16.8. The van der Waals surface area contributed by atoms with Crippen LogP contribution in [-0.4, -0.2) is 14.7 Å². The lowest BCUT2D eigenvalue weighted by molar-refractivity contribution is 0.116. The van der Waals surface area contributed by atoms with E-state index >= 15 is 0 Å². The molecular formula is C21H38OSi. The molecule has 132 valence electrons. The molecule has 0 N–H and O–H groups in total. The Hall–Kier alpha value is -0.603. The maximum Gasteiger partial charge on any atom is 0.0716 e. The second kappa shape index (κ2) is 12.8. The van der Waals surface area contributed by atoms with E-state index < -0.39 is 8.07 Å². The molecule has 0 unspecified atom stereocenters. The Bertz CT molecular complexity index is 369. The summed E-state index contributed by atoms with van der Waals surface area (Å²) in [6.07, 6.45) is 12.6. The molecule has 0 aliphatic heterocycles. The van der Waals surface area contributed by atoms with Gasteiger partial charge in [0, 0.05) is 14.7 Å². The second-order valence-corrected chi connectivity index (χ2v) is 13.7. The molecule has 0 aliphatic carbocycles. The van der Waals surface area contributed by atoms with Crippen LogP contribution in [0.3, 0.4) is 0 Å². The van der Waals surface area contributed by atoms with Crippen LogP contribution in [0, 0.1) is 0 Å². The number of unbranched alkanes of at least 4 members (excludes halogenated alkanes) is 8. The summed E-state index contributed by atoms with van der Waals surface area (Å²) in [5.41, 5.74) is 1.28. The smallest absolute Gasteiger partial charge is 0.0716 e. The Morgan fingerprint density at radius 1 is 0.696 bits per heavy atom. The molecule has 2 heteroatoms. The highest BCUT2D eigenvalue weighted by Gasteiger charge is 2.11. The van der Waals surface area contributed by atoms with Gasteiger partial charge in [0.2, 0.25) is 0 Å². The lowest BCUT2D eigenvalue weighted by atomic mass is 10.1. The summed E-state index contributed by atoms with van der Waals surface area (Å²) in [6.45, 7) is 9.12. The van der Waals surface area contributed by atoms with Crippen LogP contribution in [0.2, 0.25) is 25.7 Å². The monoisotopic (exact) mass is 334 g/mol. The van der Waals surface area contributed by atoms with E-state index in [0.29, 0.717) is 0 Å². The first-order valence-electron chi connectivity index (χ1n) is 9.70. The Labute approximate surface area is 145 Å². The van der Waals surface area contributed by atoms with Crippen LogP contribution in [-0.2, 0) is 11.3 Å². The minimum atomic E-state index is -0.788. The van der Waals surface area contributed by atoms with Crippen molar-refractivity contribution in [1.82, 2.24) is 0 Å². The molecule has 1 aromatic carbocycles. The number of hydrogen-bond acceptors (Lipinski definition) is 1. The lowest BCUT2D eigenvalue weighted by Gasteiger charge is -2.14. The molecule has 1 nitrogen and oxygen atoms in total. The minimum Gasteiger partial charge on any atom is -0.377 e. The third-order valence-electron chi connectivity index (χ3n) is 4.33. The summed E-state index contributed by atoms with van der Waals surface area (Å²) in [5, 5.41) is 0. The van der Waals surface area contributed by atoms with Crippen molar-refractivity contribution in [3.8, 4) is 0 Å². The van der Waals surface area contributed by atoms with Crippen molar-refractivity contribution < 1.29 is 4.74 Å². The van der Waals surface area contributed by atoms with Crippen molar-refractivity contribution in [2.45, 2.75) is 90.1 Å². The summed E-state index contributed by atoms with van der Waals surface area (Å²) < 4.78 is 5.72. The molecule has 0 amide bonds. The van der Waals surface area contributed by atoms with Crippen LogP contribution in [0.25, 0.3) is 0 Å². The van der Waals surface area contributed by atoms with Gasteiger partial charge in [-0.05, 0) is 12.0 Å². The summed E-state index contributed by atoms with van der Waals surface area (Å²) >= 11 is 0. The standard InChI is InChI=1S/C21H38OSi/c1-23(2,3)19-15-10-8-6-4-5-7-9-14-18-22-20-21-16-12-11-13-17-21/h11-13,16-17H,4-10,14-15,18-20H2,1-3H3. The fourth-order valence-electron chi connectivity index (χ4n) is 2.86. The summed E-state index contributed by atoms with van der Waals surface area (Å²) in [5.74, 6) is 0. The average molecular weight is 335 g/mol. The fraction of sp³-hybridized carbons (Fsp3) is 0.714. The first-order chi connectivity index (χ1) is 11.1. The zero-order valence-electron chi connectivity index (χ0n) is 15.8. The SMILES string of the molecule is C[Si](C)(C)CCCCCCCCCCCOCc1ccccc1. The highest BCUT2D eigenvalue weighted by Crippen LogP contribution is 2.16. The molecule has 0 aromatic heterocycles. The molecule has 0 radical (unpaired) electrons. The second-order valence-electron chi connectivity index (χ2n) is 8.03. The van der Waals surface area contributed by atoms with Crippen molar-refractivity contribution in [3.05, 3.63) is 35.9 Å². The summed E-state index contributed by atoms with van der Waals surface area (Å²) in [6, 6.07) is 12.0. The van der Waals surface area contributed by atoms with Gasteiger partial charge in [0.15, 0.2) is 0 Å². The quantitative estimate of drug-likeness (QED) is 0.261. The predicted octanol–water partition coefficient (Wildman–Crippen LogP) is 7.05. The normalized spacial score (nSPS) is 11.8. The molecule has 0 saturated heterocycles. The number of rotatable bonds is 14. The van der Waals surface area contributed by atoms with Crippen LogP contribution >= 0.6 is 0 Å². The van der Waals surface area contributed by atoms with Crippen LogP contribution in [0.4, 0.5) is 0 Å². The van der Waals surface area contributed by atoms with Crippen LogP contribution in [0.1, 0.15) is 63.4 Å². The van der Waals surface area contributed by atoms with Crippen molar-refractivity contribution in [1.29, 1.82) is 0 Å². The maximum atomic E-state index is 5.72. The van der Waals surface area contributed by atoms with E-state index in [2.05, 4.69) is 50.0 Å². The van der Waals surface area contributed by atoms with Gasteiger partial charge in [-0.1, -0.05) is 107 Å². The maximum absolute atomic E-state index is 5.72. The van der Waals surface area contributed by atoms with E-state index in [4.69, 9.17) is 4.74 Å². The van der Waals surface area contributed by atoms with Crippen LogP contribution < -0.4 is 0 Å². The van der Waals surface area contributed by atoms with Gasteiger partial charge in [0.25, 0.3) is 0 Å². The van der Waals surface area contributed by atoms with Crippen molar-refractivity contribution in [2.75, 3.05) is 6.61 Å². The van der Waals surface area contributed by atoms with Gasteiger partial charge in [-0.3, -0.25) is 0 Å². The van der Waals surface area contributed by atoms with Gasteiger partial charge in [0.05, 0.1) is 6.61 Å². The zero-order chi connectivity index (χ0) is 16.8.